The first-order chi connectivity index (χ1) is 11.2. The van der Waals surface area contributed by atoms with Gasteiger partial charge in [0.15, 0.2) is 0 Å². The Morgan fingerprint density at radius 1 is 1.00 bits per heavy atom. The summed E-state index contributed by atoms with van der Waals surface area (Å²) in [5.74, 6) is -1.36. The molecular weight excluding hydrogens is 294 g/mol. The first kappa shape index (κ1) is 15.0. The molecule has 0 unspecified atom stereocenters. The molecule has 0 saturated heterocycles. The van der Waals surface area contributed by atoms with Crippen molar-refractivity contribution in [2.45, 2.75) is 6.61 Å². The molecule has 1 N–H and O–H groups in total. The van der Waals surface area contributed by atoms with E-state index in [1.165, 1.54) is 10.8 Å². The summed E-state index contributed by atoms with van der Waals surface area (Å²) in [5.41, 5.74) is 1.65. The second kappa shape index (κ2) is 6.46. The maximum Gasteiger partial charge on any atom is 0.337 e. The number of carbonyl (C=O) groups is 2. The lowest BCUT2D eigenvalue weighted by Gasteiger charge is -2.06. The summed E-state index contributed by atoms with van der Waals surface area (Å²) in [7, 11) is 0. The Labute approximate surface area is 132 Å². The minimum atomic E-state index is -1.06. The minimum Gasteiger partial charge on any atom is -0.478 e. The van der Waals surface area contributed by atoms with Crippen LogP contribution in [0.4, 0.5) is 0 Å². The smallest absolute Gasteiger partial charge is 0.337 e. The molecule has 0 atom stereocenters. The fourth-order valence-corrected chi connectivity index (χ4v) is 2.46. The van der Waals surface area contributed by atoms with E-state index in [9.17, 15) is 14.7 Å². The van der Waals surface area contributed by atoms with Gasteiger partial charge in [-0.15, -0.1) is 0 Å². The number of hydrogen-bond donors (Lipinski definition) is 1. The highest BCUT2D eigenvalue weighted by Gasteiger charge is 2.17. The molecule has 23 heavy (non-hydrogen) atoms. The first-order valence-corrected chi connectivity index (χ1v) is 7.15. The van der Waals surface area contributed by atoms with Crippen LogP contribution in [0.25, 0.3) is 10.9 Å². The Morgan fingerprint density at radius 2 is 1.70 bits per heavy atom. The third kappa shape index (κ3) is 3.14. The summed E-state index contributed by atoms with van der Waals surface area (Å²) in [6, 6.07) is 16.5. The number of hydrogen-bond acceptors (Lipinski definition) is 3. The lowest BCUT2D eigenvalue weighted by atomic mass is 10.2. The second-order valence-corrected chi connectivity index (χ2v) is 5.11. The number of nitrogens with zero attached hydrogens (tertiary/aromatic N) is 1. The van der Waals surface area contributed by atoms with Gasteiger partial charge in [-0.05, 0) is 11.6 Å². The molecule has 116 valence electrons. The van der Waals surface area contributed by atoms with Crippen molar-refractivity contribution < 1.29 is 19.4 Å². The summed E-state index contributed by atoms with van der Waals surface area (Å²) in [6.45, 7) is 0.212. The van der Waals surface area contributed by atoms with E-state index in [1.807, 2.05) is 30.3 Å². The van der Waals surface area contributed by atoms with E-state index in [0.29, 0.717) is 17.5 Å². The molecule has 0 aliphatic carbocycles. The standard InChI is InChI=1S/C18H15NO4/c20-17(12-23-11-13-6-2-1-3-7-13)19-10-15(18(21)22)14-8-4-5-9-16(14)19/h1-10H,11-12H2,(H,21,22). The maximum absolute atomic E-state index is 12.3. The van der Waals surface area contributed by atoms with Crippen LogP contribution in [0.1, 0.15) is 20.7 Å². The number of ether oxygens (including phenoxy) is 1. The van der Waals surface area contributed by atoms with Gasteiger partial charge in [-0.1, -0.05) is 48.5 Å². The molecule has 0 saturated carbocycles. The molecule has 0 amide bonds. The average Bonchev–Trinajstić information content (AvgIpc) is 2.96. The van der Waals surface area contributed by atoms with Gasteiger partial charge in [-0.2, -0.15) is 0 Å². The SMILES string of the molecule is O=C(O)c1cn(C(=O)COCc2ccccc2)c2ccccc12. The van der Waals surface area contributed by atoms with Crippen LogP contribution in [0.2, 0.25) is 0 Å². The van der Waals surface area contributed by atoms with Crippen LogP contribution in [0.15, 0.2) is 60.8 Å². The molecule has 0 radical (unpaired) electrons. The lowest BCUT2D eigenvalue weighted by Crippen LogP contribution is -2.16. The summed E-state index contributed by atoms with van der Waals surface area (Å²) < 4.78 is 6.77. The highest BCUT2D eigenvalue weighted by Crippen LogP contribution is 2.21. The van der Waals surface area contributed by atoms with E-state index in [1.54, 1.807) is 24.3 Å². The number of benzene rings is 2. The van der Waals surface area contributed by atoms with Gasteiger partial charge in [0.1, 0.15) is 6.61 Å². The summed E-state index contributed by atoms with van der Waals surface area (Å²) in [5, 5.41) is 9.79. The molecule has 5 nitrogen and oxygen atoms in total. The Bertz CT molecular complexity index is 852. The molecule has 3 rings (SSSR count). The van der Waals surface area contributed by atoms with Crippen molar-refractivity contribution in [1.29, 1.82) is 0 Å². The van der Waals surface area contributed by atoms with Crippen LogP contribution in [-0.4, -0.2) is 28.2 Å². The largest absolute Gasteiger partial charge is 0.478 e. The molecule has 0 spiro atoms. The lowest BCUT2D eigenvalue weighted by molar-refractivity contribution is 0.0649. The van der Waals surface area contributed by atoms with Gasteiger partial charge in [0.2, 0.25) is 0 Å². The fourth-order valence-electron chi connectivity index (χ4n) is 2.46. The van der Waals surface area contributed by atoms with Crippen LogP contribution in [-0.2, 0) is 11.3 Å². The predicted octanol–water partition coefficient (Wildman–Crippen LogP) is 3.20. The Kier molecular flexibility index (Phi) is 4.21. The van der Waals surface area contributed by atoms with Crippen LogP contribution >= 0.6 is 0 Å². The number of fused-ring (bicyclic) bond motifs is 1. The number of aromatic carboxylic acids is 1. The molecule has 5 heteroatoms. The number of carboxylic acid groups (broad SMARTS) is 1. The fraction of sp³-hybridized carbons (Fsp3) is 0.111. The number of rotatable bonds is 5. The van der Waals surface area contributed by atoms with Gasteiger partial charge in [0, 0.05) is 11.6 Å². The monoisotopic (exact) mass is 309 g/mol. The summed E-state index contributed by atoms with van der Waals surface area (Å²) >= 11 is 0. The topological polar surface area (TPSA) is 68.5 Å². The average molecular weight is 309 g/mol. The van der Waals surface area contributed by atoms with Crippen molar-refractivity contribution in [3.8, 4) is 0 Å². The van der Waals surface area contributed by atoms with Crippen LogP contribution in [0.3, 0.4) is 0 Å². The van der Waals surface area contributed by atoms with E-state index in [4.69, 9.17) is 4.74 Å². The van der Waals surface area contributed by atoms with Crippen molar-refractivity contribution in [3.63, 3.8) is 0 Å². The maximum atomic E-state index is 12.3. The number of para-hydroxylation sites is 1. The Balaban J connectivity index is 1.77. The van der Waals surface area contributed by atoms with Gasteiger partial charge >= 0.3 is 5.97 Å². The molecule has 0 aliphatic rings. The van der Waals surface area contributed by atoms with Crippen molar-refractivity contribution in [1.82, 2.24) is 4.57 Å². The third-order valence-corrected chi connectivity index (χ3v) is 3.55. The van der Waals surface area contributed by atoms with E-state index < -0.39 is 5.97 Å². The third-order valence-electron chi connectivity index (χ3n) is 3.55. The van der Waals surface area contributed by atoms with Gasteiger partial charge < -0.3 is 9.84 Å². The van der Waals surface area contributed by atoms with Crippen LogP contribution in [0.5, 0.6) is 0 Å². The molecule has 3 aromatic rings. The zero-order chi connectivity index (χ0) is 16.2. The minimum absolute atomic E-state index is 0.108. The molecular formula is C18H15NO4. The van der Waals surface area contributed by atoms with Gasteiger partial charge in [0.25, 0.3) is 5.91 Å². The summed E-state index contributed by atoms with van der Waals surface area (Å²) in [6.07, 6.45) is 1.35. The molecule has 1 heterocycles. The van der Waals surface area contributed by atoms with Crippen molar-refractivity contribution >= 4 is 22.8 Å². The van der Waals surface area contributed by atoms with Crippen molar-refractivity contribution in [3.05, 3.63) is 71.9 Å². The van der Waals surface area contributed by atoms with Crippen LogP contribution in [0, 0.1) is 0 Å². The zero-order valence-corrected chi connectivity index (χ0v) is 12.3. The molecule has 1 aromatic heterocycles. The van der Waals surface area contributed by atoms with E-state index >= 15 is 0 Å². The molecule has 0 fully saturated rings. The summed E-state index contributed by atoms with van der Waals surface area (Å²) in [4.78, 5) is 23.6. The van der Waals surface area contributed by atoms with Gasteiger partial charge in [-0.25, -0.2) is 4.79 Å². The van der Waals surface area contributed by atoms with E-state index in [-0.39, 0.29) is 18.1 Å². The van der Waals surface area contributed by atoms with Crippen molar-refractivity contribution in [2.75, 3.05) is 6.61 Å². The van der Waals surface area contributed by atoms with Gasteiger partial charge in [-0.3, -0.25) is 9.36 Å². The number of carbonyl (C=O) groups excluding carboxylic acids is 1. The Hall–Kier alpha value is -2.92. The van der Waals surface area contributed by atoms with Crippen LogP contribution < -0.4 is 0 Å². The molecule has 2 aromatic carbocycles. The van der Waals surface area contributed by atoms with Crippen molar-refractivity contribution in [2.24, 2.45) is 0 Å². The zero-order valence-electron chi connectivity index (χ0n) is 12.3. The molecule has 0 aliphatic heterocycles. The van der Waals surface area contributed by atoms with E-state index in [0.717, 1.165) is 5.56 Å². The van der Waals surface area contributed by atoms with E-state index in [2.05, 4.69) is 0 Å². The highest BCUT2D eigenvalue weighted by molar-refractivity contribution is 6.06. The predicted molar refractivity (Wildman–Crippen MR) is 85.6 cm³/mol. The Morgan fingerprint density at radius 3 is 2.43 bits per heavy atom. The quantitative estimate of drug-likeness (QED) is 0.786. The number of aromatic nitrogens is 1. The van der Waals surface area contributed by atoms with Gasteiger partial charge in [0.05, 0.1) is 17.7 Å². The molecule has 0 bridgehead atoms. The highest BCUT2D eigenvalue weighted by atomic mass is 16.5. The normalized spacial score (nSPS) is 10.8. The second-order valence-electron chi connectivity index (χ2n) is 5.11. The number of carboxylic acids is 1. The first-order valence-electron chi connectivity index (χ1n) is 7.15.